The van der Waals surface area contributed by atoms with E-state index < -0.39 is 0 Å². The van der Waals surface area contributed by atoms with Crippen LogP contribution in [0.2, 0.25) is 0 Å². The predicted molar refractivity (Wildman–Crippen MR) is 101 cm³/mol. The Morgan fingerprint density at radius 2 is 2.08 bits per heavy atom. The molecule has 6 heteroatoms. The Hall–Kier alpha value is -1.50. The van der Waals surface area contributed by atoms with Crippen molar-refractivity contribution in [2.75, 3.05) is 60.5 Å². The van der Waals surface area contributed by atoms with Crippen LogP contribution in [0.4, 0.5) is 4.39 Å². The summed E-state index contributed by atoms with van der Waals surface area (Å²) in [5, 5.41) is 0. The zero-order valence-corrected chi connectivity index (χ0v) is 16.3. The Morgan fingerprint density at radius 1 is 1.31 bits per heavy atom. The van der Waals surface area contributed by atoms with Gasteiger partial charge < -0.3 is 14.5 Å². The lowest BCUT2D eigenvalue weighted by Gasteiger charge is -2.36. The van der Waals surface area contributed by atoms with Crippen LogP contribution in [0.1, 0.15) is 18.4 Å². The number of piperidine rings is 1. The van der Waals surface area contributed by atoms with E-state index in [9.17, 15) is 9.18 Å². The lowest BCUT2D eigenvalue weighted by atomic mass is 9.96. The molecule has 26 heavy (non-hydrogen) atoms. The third kappa shape index (κ3) is 6.67. The highest BCUT2D eigenvalue weighted by Gasteiger charge is 2.24. The molecule has 0 aliphatic carbocycles. The molecule has 1 unspecified atom stereocenters. The van der Waals surface area contributed by atoms with Crippen LogP contribution in [0.5, 0.6) is 0 Å². The number of hydrogen-bond donors (Lipinski definition) is 0. The summed E-state index contributed by atoms with van der Waals surface area (Å²) in [6.07, 6.45) is 2.19. The molecule has 1 aromatic carbocycles. The molecule has 1 aliphatic rings. The molecule has 0 radical (unpaired) electrons. The van der Waals surface area contributed by atoms with Crippen molar-refractivity contribution in [1.82, 2.24) is 14.7 Å². The average Bonchev–Trinajstić information content (AvgIpc) is 2.61. The molecular formula is C20H32FN3O2. The summed E-state index contributed by atoms with van der Waals surface area (Å²) in [7, 11) is 5.57. The lowest BCUT2D eigenvalue weighted by Crippen LogP contribution is -2.45. The highest BCUT2D eigenvalue weighted by Crippen LogP contribution is 2.20. The van der Waals surface area contributed by atoms with Crippen molar-refractivity contribution in [2.24, 2.45) is 5.92 Å². The number of carbonyl (C=O) groups excluding carboxylic acids is 1. The first-order valence-electron chi connectivity index (χ1n) is 9.36. The number of halogens is 1. The molecule has 0 spiro atoms. The summed E-state index contributed by atoms with van der Waals surface area (Å²) in [6, 6.07) is 6.97. The highest BCUT2D eigenvalue weighted by atomic mass is 19.1. The van der Waals surface area contributed by atoms with Crippen LogP contribution < -0.4 is 0 Å². The molecule has 2 rings (SSSR count). The smallest absolute Gasteiger partial charge is 0.248 e. The van der Waals surface area contributed by atoms with Gasteiger partial charge in [-0.05, 0) is 45.5 Å². The Kier molecular flexibility index (Phi) is 8.48. The molecule has 0 N–H and O–H groups in total. The first-order chi connectivity index (χ1) is 12.5. The molecule has 1 atom stereocenters. The van der Waals surface area contributed by atoms with Gasteiger partial charge in [-0.3, -0.25) is 9.69 Å². The Bertz CT molecular complexity index is 568. The molecule has 1 aromatic rings. The van der Waals surface area contributed by atoms with Gasteiger partial charge in [0.15, 0.2) is 0 Å². The molecule has 1 amide bonds. The maximum atomic E-state index is 13.9. The van der Waals surface area contributed by atoms with Crippen molar-refractivity contribution >= 4 is 5.91 Å². The van der Waals surface area contributed by atoms with E-state index in [0.717, 1.165) is 44.6 Å². The lowest BCUT2D eigenvalue weighted by molar-refractivity contribution is -0.136. The molecular weight excluding hydrogens is 333 g/mol. The quantitative estimate of drug-likeness (QED) is 0.671. The maximum Gasteiger partial charge on any atom is 0.248 e. The summed E-state index contributed by atoms with van der Waals surface area (Å²) in [5.74, 6) is 0.316. The molecule has 1 heterocycles. The van der Waals surface area contributed by atoms with Gasteiger partial charge in [0.2, 0.25) is 5.91 Å². The summed E-state index contributed by atoms with van der Waals surface area (Å²) >= 11 is 0. The summed E-state index contributed by atoms with van der Waals surface area (Å²) in [6.45, 7) is 4.91. The standard InChI is InChI=1S/C20H32FN3O2/c1-22(2)11-12-24(20(25)16-26-3)14-17-7-6-10-23(13-17)15-18-8-4-5-9-19(18)21/h4-5,8-9,17H,6-7,10-16H2,1-3H3. The van der Waals surface area contributed by atoms with Crippen LogP contribution in [-0.2, 0) is 16.1 Å². The largest absolute Gasteiger partial charge is 0.375 e. The summed E-state index contributed by atoms with van der Waals surface area (Å²) in [4.78, 5) is 18.7. The van der Waals surface area contributed by atoms with Crippen molar-refractivity contribution in [3.63, 3.8) is 0 Å². The van der Waals surface area contributed by atoms with Crippen molar-refractivity contribution < 1.29 is 13.9 Å². The van der Waals surface area contributed by atoms with Crippen molar-refractivity contribution in [2.45, 2.75) is 19.4 Å². The molecule has 146 valence electrons. The maximum absolute atomic E-state index is 13.9. The Morgan fingerprint density at radius 3 is 2.77 bits per heavy atom. The number of ether oxygens (including phenoxy) is 1. The van der Waals surface area contributed by atoms with Gasteiger partial charge in [0.1, 0.15) is 12.4 Å². The molecule has 1 aliphatic heterocycles. The highest BCUT2D eigenvalue weighted by molar-refractivity contribution is 5.77. The first-order valence-corrected chi connectivity index (χ1v) is 9.36. The van der Waals surface area contributed by atoms with Crippen molar-refractivity contribution in [3.8, 4) is 0 Å². The number of carbonyl (C=O) groups is 1. The van der Waals surface area contributed by atoms with Gasteiger partial charge in [-0.15, -0.1) is 0 Å². The van der Waals surface area contributed by atoms with E-state index in [4.69, 9.17) is 4.74 Å². The summed E-state index contributed by atoms with van der Waals surface area (Å²) < 4.78 is 19.0. The second kappa shape index (κ2) is 10.6. The number of likely N-dealkylation sites (N-methyl/N-ethyl adjacent to an activating group) is 1. The van der Waals surface area contributed by atoms with Crippen molar-refractivity contribution in [3.05, 3.63) is 35.6 Å². The van der Waals surface area contributed by atoms with E-state index >= 15 is 0 Å². The van der Waals surface area contributed by atoms with E-state index in [1.165, 1.54) is 6.07 Å². The average molecular weight is 365 g/mol. The van der Waals surface area contributed by atoms with E-state index in [-0.39, 0.29) is 18.3 Å². The minimum atomic E-state index is -0.141. The zero-order valence-electron chi connectivity index (χ0n) is 16.3. The van der Waals surface area contributed by atoms with E-state index in [2.05, 4.69) is 9.80 Å². The second-order valence-corrected chi connectivity index (χ2v) is 7.41. The van der Waals surface area contributed by atoms with Crippen LogP contribution in [0, 0.1) is 11.7 Å². The van der Waals surface area contributed by atoms with Gasteiger partial charge in [0.05, 0.1) is 0 Å². The SMILES string of the molecule is COCC(=O)N(CCN(C)C)CC1CCCN(Cc2ccccc2F)C1. The fourth-order valence-electron chi connectivity index (χ4n) is 3.48. The minimum Gasteiger partial charge on any atom is -0.375 e. The second-order valence-electron chi connectivity index (χ2n) is 7.41. The minimum absolute atomic E-state index is 0.0422. The van der Waals surface area contributed by atoms with Crippen LogP contribution in [-0.4, -0.2) is 81.1 Å². The van der Waals surface area contributed by atoms with Gasteiger partial charge in [0, 0.05) is 45.4 Å². The predicted octanol–water partition coefficient (Wildman–Crippen LogP) is 2.07. The molecule has 1 fully saturated rings. The van der Waals surface area contributed by atoms with Gasteiger partial charge >= 0.3 is 0 Å². The van der Waals surface area contributed by atoms with Gasteiger partial charge in [-0.2, -0.15) is 0 Å². The number of rotatable bonds is 9. The first kappa shape index (κ1) is 20.8. The normalized spacial score (nSPS) is 18.3. The Labute approximate surface area is 156 Å². The summed E-state index contributed by atoms with van der Waals surface area (Å²) in [5.41, 5.74) is 0.744. The molecule has 5 nitrogen and oxygen atoms in total. The topological polar surface area (TPSA) is 36.0 Å². The van der Waals surface area contributed by atoms with E-state index in [1.807, 2.05) is 31.1 Å². The molecule has 0 saturated carbocycles. The van der Waals surface area contributed by atoms with Crippen LogP contribution in [0.3, 0.4) is 0 Å². The molecule has 1 saturated heterocycles. The third-order valence-electron chi connectivity index (χ3n) is 4.87. The van der Waals surface area contributed by atoms with Crippen LogP contribution in [0.25, 0.3) is 0 Å². The van der Waals surface area contributed by atoms with Gasteiger partial charge in [-0.25, -0.2) is 4.39 Å². The fourth-order valence-corrected chi connectivity index (χ4v) is 3.48. The number of nitrogens with zero attached hydrogens (tertiary/aromatic N) is 3. The number of amides is 1. The Balaban J connectivity index is 1.93. The fraction of sp³-hybridized carbons (Fsp3) is 0.650. The van der Waals surface area contributed by atoms with Gasteiger partial charge in [0.25, 0.3) is 0 Å². The molecule has 0 bridgehead atoms. The molecule has 0 aromatic heterocycles. The number of benzene rings is 1. The van der Waals surface area contributed by atoms with E-state index in [1.54, 1.807) is 13.2 Å². The van der Waals surface area contributed by atoms with Crippen LogP contribution >= 0.6 is 0 Å². The third-order valence-corrected chi connectivity index (χ3v) is 4.87. The van der Waals surface area contributed by atoms with Crippen LogP contribution in [0.15, 0.2) is 24.3 Å². The monoisotopic (exact) mass is 365 g/mol. The zero-order chi connectivity index (χ0) is 18.9. The van der Waals surface area contributed by atoms with Gasteiger partial charge in [-0.1, -0.05) is 18.2 Å². The number of methoxy groups -OCH3 is 1. The number of hydrogen-bond acceptors (Lipinski definition) is 4. The number of likely N-dealkylation sites (tertiary alicyclic amines) is 1. The van der Waals surface area contributed by atoms with Crippen molar-refractivity contribution in [1.29, 1.82) is 0 Å². The van der Waals surface area contributed by atoms with E-state index in [0.29, 0.717) is 19.0 Å².